The molecule has 0 aliphatic carbocycles. The lowest BCUT2D eigenvalue weighted by molar-refractivity contribution is -0.140. The summed E-state index contributed by atoms with van der Waals surface area (Å²) in [6.45, 7) is 1.89. The van der Waals surface area contributed by atoms with Crippen LogP contribution in [0.3, 0.4) is 0 Å². The largest absolute Gasteiger partial charge is 0.481 e. The van der Waals surface area contributed by atoms with E-state index in [4.69, 9.17) is 10.2 Å². The van der Waals surface area contributed by atoms with E-state index in [9.17, 15) is 14.4 Å². The Hall–Kier alpha value is -2.09. The number of rotatable bonds is 6. The van der Waals surface area contributed by atoms with Gasteiger partial charge in [-0.25, -0.2) is 9.59 Å². The van der Waals surface area contributed by atoms with E-state index in [0.717, 1.165) is 5.56 Å². The summed E-state index contributed by atoms with van der Waals surface area (Å²) in [7, 11) is 0. The van der Waals surface area contributed by atoms with E-state index in [0.29, 0.717) is 10.2 Å². The van der Waals surface area contributed by atoms with Crippen molar-refractivity contribution in [3.63, 3.8) is 0 Å². The van der Waals surface area contributed by atoms with Gasteiger partial charge in [0.05, 0.1) is 5.69 Å². The van der Waals surface area contributed by atoms with Gasteiger partial charge in [0.15, 0.2) is 0 Å². The van der Waals surface area contributed by atoms with Crippen LogP contribution in [0.1, 0.15) is 18.4 Å². The van der Waals surface area contributed by atoms with Gasteiger partial charge in [0.1, 0.15) is 6.04 Å². The summed E-state index contributed by atoms with van der Waals surface area (Å²) in [6, 6.07) is 3.29. The van der Waals surface area contributed by atoms with Gasteiger partial charge in [0.2, 0.25) is 0 Å². The maximum Gasteiger partial charge on any atom is 0.326 e. The Kier molecular flexibility index (Phi) is 6.16. The Bertz CT molecular complexity index is 561. The first-order valence-corrected chi connectivity index (χ1v) is 6.87. The van der Waals surface area contributed by atoms with Gasteiger partial charge in [-0.3, -0.25) is 4.79 Å². The fourth-order valence-electron chi connectivity index (χ4n) is 1.56. The Morgan fingerprint density at radius 2 is 1.95 bits per heavy atom. The predicted octanol–water partition coefficient (Wildman–Crippen LogP) is 2.20. The average Bonchev–Trinajstić information content (AvgIpc) is 2.37. The summed E-state index contributed by atoms with van der Waals surface area (Å²) in [6.07, 6.45) is -0.529. The number of carbonyl (C=O) groups is 3. The molecule has 0 saturated heterocycles. The molecule has 1 aromatic carbocycles. The molecule has 8 heteroatoms. The SMILES string of the molecule is Cc1ccc(NC(=O)N[C@@H](CCC(=O)O)C(=O)O)c(Br)c1. The van der Waals surface area contributed by atoms with E-state index in [-0.39, 0.29) is 12.8 Å². The van der Waals surface area contributed by atoms with Crippen LogP contribution in [0, 0.1) is 6.92 Å². The lowest BCUT2D eigenvalue weighted by atomic mass is 10.1. The first-order valence-electron chi connectivity index (χ1n) is 6.08. The fraction of sp³-hybridized carbons (Fsp3) is 0.308. The van der Waals surface area contributed by atoms with Crippen LogP contribution in [0.2, 0.25) is 0 Å². The van der Waals surface area contributed by atoms with E-state index in [1.54, 1.807) is 18.2 Å². The molecular formula is C13H15BrN2O5. The molecule has 0 aliphatic rings. The molecular weight excluding hydrogens is 344 g/mol. The molecule has 0 aliphatic heterocycles. The van der Waals surface area contributed by atoms with Crippen molar-refractivity contribution in [2.45, 2.75) is 25.8 Å². The first-order chi connectivity index (χ1) is 9.79. The van der Waals surface area contributed by atoms with Gasteiger partial charge in [0, 0.05) is 10.9 Å². The zero-order valence-corrected chi connectivity index (χ0v) is 12.8. The number of urea groups is 1. The van der Waals surface area contributed by atoms with Crippen LogP contribution in [0.25, 0.3) is 0 Å². The molecule has 0 bridgehead atoms. The molecule has 1 rings (SSSR count). The van der Waals surface area contributed by atoms with Gasteiger partial charge in [0.25, 0.3) is 0 Å². The third-order valence-electron chi connectivity index (χ3n) is 2.62. The predicted molar refractivity (Wildman–Crippen MR) is 79.3 cm³/mol. The van der Waals surface area contributed by atoms with E-state index in [1.165, 1.54) is 0 Å². The van der Waals surface area contributed by atoms with Crippen LogP contribution in [0.4, 0.5) is 10.5 Å². The minimum absolute atomic E-state index is 0.187. The standard InChI is InChI=1S/C13H15BrN2O5/c1-7-2-3-9(8(14)6-7)15-13(21)16-10(12(19)20)4-5-11(17)18/h2-3,6,10H,4-5H2,1H3,(H,17,18)(H,19,20)(H2,15,16,21)/t10-/m0/s1. The van der Waals surface area contributed by atoms with Gasteiger partial charge in [-0.1, -0.05) is 6.07 Å². The summed E-state index contributed by atoms with van der Waals surface area (Å²) in [4.78, 5) is 33.2. The second kappa shape index (κ2) is 7.63. The van der Waals surface area contributed by atoms with Crippen LogP contribution in [0.5, 0.6) is 0 Å². The first kappa shape index (κ1) is 17.0. The Balaban J connectivity index is 2.65. The van der Waals surface area contributed by atoms with Crippen molar-refractivity contribution in [2.24, 2.45) is 0 Å². The number of carbonyl (C=O) groups excluding carboxylic acids is 1. The molecule has 0 spiro atoms. The second-order valence-electron chi connectivity index (χ2n) is 4.40. The molecule has 114 valence electrons. The number of aryl methyl sites for hydroxylation is 1. The van der Waals surface area contributed by atoms with Gasteiger partial charge >= 0.3 is 18.0 Å². The maximum absolute atomic E-state index is 11.8. The minimum atomic E-state index is -1.28. The fourth-order valence-corrected chi connectivity index (χ4v) is 2.16. The quantitative estimate of drug-likeness (QED) is 0.622. The molecule has 0 unspecified atom stereocenters. The van der Waals surface area contributed by atoms with Crippen LogP contribution in [-0.2, 0) is 9.59 Å². The van der Waals surface area contributed by atoms with Gasteiger partial charge in [-0.15, -0.1) is 0 Å². The number of benzene rings is 1. The van der Waals surface area contributed by atoms with Crippen molar-refractivity contribution in [2.75, 3.05) is 5.32 Å². The Morgan fingerprint density at radius 3 is 2.48 bits per heavy atom. The van der Waals surface area contributed by atoms with Crippen LogP contribution in [-0.4, -0.2) is 34.2 Å². The van der Waals surface area contributed by atoms with E-state index < -0.39 is 24.0 Å². The highest BCUT2D eigenvalue weighted by molar-refractivity contribution is 9.10. The number of nitrogens with one attached hydrogen (secondary N) is 2. The third kappa shape index (κ3) is 5.82. The van der Waals surface area contributed by atoms with E-state index in [2.05, 4.69) is 26.6 Å². The summed E-state index contributed by atoms with van der Waals surface area (Å²) in [5.41, 5.74) is 1.48. The van der Waals surface area contributed by atoms with Crippen molar-refractivity contribution in [3.8, 4) is 0 Å². The maximum atomic E-state index is 11.8. The number of amides is 2. The summed E-state index contributed by atoms with van der Waals surface area (Å²) in [5.74, 6) is -2.40. The lowest BCUT2D eigenvalue weighted by Gasteiger charge is -2.15. The zero-order chi connectivity index (χ0) is 16.0. The summed E-state index contributed by atoms with van der Waals surface area (Å²) >= 11 is 3.28. The number of carboxylic acid groups (broad SMARTS) is 2. The monoisotopic (exact) mass is 358 g/mol. The molecule has 0 saturated carbocycles. The minimum Gasteiger partial charge on any atom is -0.481 e. The normalized spacial score (nSPS) is 11.5. The zero-order valence-electron chi connectivity index (χ0n) is 11.2. The molecule has 0 aromatic heterocycles. The molecule has 0 fully saturated rings. The summed E-state index contributed by atoms with van der Waals surface area (Å²) in [5, 5.41) is 22.2. The van der Waals surface area contributed by atoms with Crippen molar-refractivity contribution in [1.29, 1.82) is 0 Å². The van der Waals surface area contributed by atoms with E-state index in [1.807, 2.05) is 6.92 Å². The highest BCUT2D eigenvalue weighted by atomic mass is 79.9. The third-order valence-corrected chi connectivity index (χ3v) is 3.28. The van der Waals surface area contributed by atoms with Crippen molar-refractivity contribution in [1.82, 2.24) is 5.32 Å². The number of aliphatic carboxylic acids is 2. The molecule has 1 atom stereocenters. The number of hydrogen-bond donors (Lipinski definition) is 4. The van der Waals surface area contributed by atoms with Crippen LogP contribution in [0.15, 0.2) is 22.7 Å². The van der Waals surface area contributed by atoms with Gasteiger partial charge < -0.3 is 20.8 Å². The number of hydrogen-bond acceptors (Lipinski definition) is 3. The molecule has 4 N–H and O–H groups in total. The van der Waals surface area contributed by atoms with Crippen LogP contribution < -0.4 is 10.6 Å². The average molecular weight is 359 g/mol. The van der Waals surface area contributed by atoms with E-state index >= 15 is 0 Å². The highest BCUT2D eigenvalue weighted by Crippen LogP contribution is 2.23. The van der Waals surface area contributed by atoms with Crippen molar-refractivity contribution in [3.05, 3.63) is 28.2 Å². The topological polar surface area (TPSA) is 116 Å². The smallest absolute Gasteiger partial charge is 0.326 e. The van der Waals surface area contributed by atoms with Gasteiger partial charge in [-0.05, 0) is 47.0 Å². The molecule has 21 heavy (non-hydrogen) atoms. The molecule has 1 aromatic rings. The molecule has 7 nitrogen and oxygen atoms in total. The second-order valence-corrected chi connectivity index (χ2v) is 5.26. The molecule has 0 heterocycles. The lowest BCUT2D eigenvalue weighted by Crippen LogP contribution is -2.43. The van der Waals surface area contributed by atoms with Crippen molar-refractivity contribution < 1.29 is 24.6 Å². The number of halogens is 1. The Morgan fingerprint density at radius 1 is 1.29 bits per heavy atom. The van der Waals surface area contributed by atoms with Crippen molar-refractivity contribution >= 4 is 39.6 Å². The number of carboxylic acids is 2. The molecule has 0 radical (unpaired) electrons. The number of anilines is 1. The Labute approximate surface area is 129 Å². The summed E-state index contributed by atoms with van der Waals surface area (Å²) < 4.78 is 0.662. The van der Waals surface area contributed by atoms with Crippen LogP contribution >= 0.6 is 15.9 Å². The highest BCUT2D eigenvalue weighted by Gasteiger charge is 2.21. The van der Waals surface area contributed by atoms with Gasteiger partial charge in [-0.2, -0.15) is 0 Å². The molecule has 2 amide bonds.